The second kappa shape index (κ2) is 9.52. The Hall–Kier alpha value is -2.76. The number of nitrogens with zero attached hydrogens (tertiary/aromatic N) is 3. The lowest BCUT2D eigenvalue weighted by atomic mass is 10.2. The minimum Gasteiger partial charge on any atom is -0.497 e. The largest absolute Gasteiger partial charge is 0.497 e. The number of aliphatic imine (C=N–C) groups is 1. The summed E-state index contributed by atoms with van der Waals surface area (Å²) in [6, 6.07) is 13.9. The van der Waals surface area contributed by atoms with Crippen LogP contribution in [0.2, 0.25) is 0 Å². The summed E-state index contributed by atoms with van der Waals surface area (Å²) in [5.74, 6) is 2.55. The van der Waals surface area contributed by atoms with Crippen LogP contribution in [0.3, 0.4) is 0 Å². The Morgan fingerprint density at radius 2 is 1.96 bits per heavy atom. The first-order chi connectivity index (χ1) is 12.1. The summed E-state index contributed by atoms with van der Waals surface area (Å²) in [5.41, 5.74) is 2.07. The number of benzene rings is 1. The van der Waals surface area contributed by atoms with Crippen molar-refractivity contribution < 1.29 is 4.74 Å². The van der Waals surface area contributed by atoms with Crippen molar-refractivity contribution in [1.29, 1.82) is 0 Å². The maximum Gasteiger partial charge on any atom is 0.191 e. The summed E-state index contributed by atoms with van der Waals surface area (Å²) in [5, 5.41) is 6.59. The van der Waals surface area contributed by atoms with E-state index in [1.165, 1.54) is 0 Å². The first-order valence-corrected chi connectivity index (χ1v) is 8.40. The molecule has 1 heterocycles. The van der Waals surface area contributed by atoms with Gasteiger partial charge in [0.15, 0.2) is 5.96 Å². The highest BCUT2D eigenvalue weighted by atomic mass is 16.5. The molecule has 0 fully saturated rings. The normalized spacial score (nSPS) is 11.1. The lowest BCUT2D eigenvalue weighted by Crippen LogP contribution is -2.37. The Balaban J connectivity index is 2.01. The van der Waals surface area contributed by atoms with E-state index in [1.54, 1.807) is 7.11 Å². The van der Waals surface area contributed by atoms with Crippen LogP contribution in [-0.4, -0.2) is 38.7 Å². The van der Waals surface area contributed by atoms with E-state index in [0.29, 0.717) is 13.1 Å². The fourth-order valence-corrected chi connectivity index (χ4v) is 2.27. The molecule has 0 atom stereocenters. The van der Waals surface area contributed by atoms with Crippen molar-refractivity contribution in [3.05, 3.63) is 53.7 Å². The molecule has 25 heavy (non-hydrogen) atoms. The number of hydrogen-bond acceptors (Lipinski definition) is 4. The average Bonchev–Trinajstić information content (AvgIpc) is 2.64. The highest BCUT2D eigenvalue weighted by molar-refractivity contribution is 5.79. The zero-order valence-corrected chi connectivity index (χ0v) is 15.4. The van der Waals surface area contributed by atoms with Gasteiger partial charge in [0.05, 0.1) is 25.9 Å². The summed E-state index contributed by atoms with van der Waals surface area (Å²) in [6.07, 6.45) is 0. The van der Waals surface area contributed by atoms with Crippen molar-refractivity contribution in [3.8, 4) is 5.75 Å². The number of pyridine rings is 1. The van der Waals surface area contributed by atoms with E-state index in [1.807, 2.05) is 68.4 Å². The highest BCUT2D eigenvalue weighted by Crippen LogP contribution is 2.13. The molecule has 0 aliphatic carbocycles. The Bertz CT molecular complexity index is 700. The molecule has 0 saturated heterocycles. The van der Waals surface area contributed by atoms with E-state index in [0.717, 1.165) is 35.3 Å². The van der Waals surface area contributed by atoms with Gasteiger partial charge in [-0.1, -0.05) is 18.2 Å². The first kappa shape index (κ1) is 18.6. The Kier molecular flexibility index (Phi) is 7.07. The molecule has 1 aromatic heterocycles. The van der Waals surface area contributed by atoms with Gasteiger partial charge in [-0.25, -0.2) is 9.98 Å². The zero-order valence-electron chi connectivity index (χ0n) is 15.4. The predicted molar refractivity (Wildman–Crippen MR) is 103 cm³/mol. The van der Waals surface area contributed by atoms with E-state index in [2.05, 4.69) is 20.6 Å². The molecule has 0 amide bonds. The van der Waals surface area contributed by atoms with Gasteiger partial charge < -0.3 is 20.3 Å². The molecule has 0 saturated carbocycles. The zero-order chi connectivity index (χ0) is 18.1. The molecule has 0 spiro atoms. The number of rotatable bonds is 7. The van der Waals surface area contributed by atoms with E-state index >= 15 is 0 Å². The van der Waals surface area contributed by atoms with Crippen LogP contribution in [0.1, 0.15) is 18.2 Å². The highest BCUT2D eigenvalue weighted by Gasteiger charge is 2.02. The first-order valence-electron chi connectivity index (χ1n) is 8.40. The number of ether oxygens (including phenoxy) is 1. The standard InChI is InChI=1S/C19H27N5O/c1-5-20-19(21-13-15-8-6-10-17(12-15)25-4)22-14-16-9-7-11-18(23-16)24(2)3/h6-12H,5,13-14H2,1-4H3,(H2,20,21,22). The monoisotopic (exact) mass is 341 g/mol. The van der Waals surface area contributed by atoms with Gasteiger partial charge in [-0.2, -0.15) is 0 Å². The third-order valence-corrected chi connectivity index (χ3v) is 3.59. The van der Waals surface area contributed by atoms with Crippen LogP contribution in [-0.2, 0) is 13.1 Å². The molecule has 1 aromatic carbocycles. The van der Waals surface area contributed by atoms with Crippen molar-refractivity contribution >= 4 is 11.8 Å². The predicted octanol–water partition coefficient (Wildman–Crippen LogP) is 2.41. The molecule has 0 radical (unpaired) electrons. The Morgan fingerprint density at radius 1 is 1.16 bits per heavy atom. The summed E-state index contributed by atoms with van der Waals surface area (Å²) in [7, 11) is 5.64. The third-order valence-electron chi connectivity index (χ3n) is 3.59. The van der Waals surface area contributed by atoms with Gasteiger partial charge in [-0.3, -0.25) is 0 Å². The number of hydrogen-bond donors (Lipinski definition) is 2. The Labute approximate surface area is 149 Å². The summed E-state index contributed by atoms with van der Waals surface area (Å²) in [4.78, 5) is 11.2. The number of methoxy groups -OCH3 is 1. The molecule has 2 aromatic rings. The molecule has 0 aliphatic rings. The average molecular weight is 341 g/mol. The van der Waals surface area contributed by atoms with Crippen LogP contribution in [0.5, 0.6) is 5.75 Å². The van der Waals surface area contributed by atoms with Crippen molar-refractivity contribution in [3.63, 3.8) is 0 Å². The maximum absolute atomic E-state index is 5.25. The van der Waals surface area contributed by atoms with Crippen LogP contribution < -0.4 is 20.3 Å². The molecule has 2 rings (SSSR count). The van der Waals surface area contributed by atoms with Gasteiger partial charge in [0, 0.05) is 20.6 Å². The minimum absolute atomic E-state index is 0.581. The molecule has 0 aliphatic heterocycles. The van der Waals surface area contributed by atoms with Crippen LogP contribution >= 0.6 is 0 Å². The topological polar surface area (TPSA) is 61.8 Å². The van der Waals surface area contributed by atoms with Gasteiger partial charge in [0.25, 0.3) is 0 Å². The van der Waals surface area contributed by atoms with Crippen LogP contribution in [0, 0.1) is 0 Å². The van der Waals surface area contributed by atoms with Crippen molar-refractivity contribution in [2.75, 3.05) is 32.6 Å². The number of aromatic nitrogens is 1. The molecule has 0 unspecified atom stereocenters. The number of anilines is 1. The summed E-state index contributed by atoms with van der Waals surface area (Å²) in [6.45, 7) is 4.05. The van der Waals surface area contributed by atoms with Crippen molar-refractivity contribution in [1.82, 2.24) is 15.6 Å². The number of guanidine groups is 1. The second-order valence-corrected chi connectivity index (χ2v) is 5.78. The molecule has 2 N–H and O–H groups in total. The quantitative estimate of drug-likeness (QED) is 0.598. The van der Waals surface area contributed by atoms with E-state index in [-0.39, 0.29) is 0 Å². The van der Waals surface area contributed by atoms with Gasteiger partial charge in [0.2, 0.25) is 0 Å². The lowest BCUT2D eigenvalue weighted by Gasteiger charge is -2.14. The number of nitrogens with one attached hydrogen (secondary N) is 2. The van der Waals surface area contributed by atoms with Gasteiger partial charge in [-0.05, 0) is 36.8 Å². The molecular weight excluding hydrogens is 314 g/mol. The van der Waals surface area contributed by atoms with Gasteiger partial charge >= 0.3 is 0 Å². The van der Waals surface area contributed by atoms with Crippen molar-refractivity contribution in [2.24, 2.45) is 4.99 Å². The van der Waals surface area contributed by atoms with E-state index in [9.17, 15) is 0 Å². The van der Waals surface area contributed by atoms with Crippen molar-refractivity contribution in [2.45, 2.75) is 20.0 Å². The van der Waals surface area contributed by atoms with Crippen LogP contribution in [0.4, 0.5) is 5.82 Å². The second-order valence-electron chi connectivity index (χ2n) is 5.78. The summed E-state index contributed by atoms with van der Waals surface area (Å²) < 4.78 is 5.25. The minimum atomic E-state index is 0.581. The summed E-state index contributed by atoms with van der Waals surface area (Å²) >= 11 is 0. The maximum atomic E-state index is 5.25. The van der Waals surface area contributed by atoms with Crippen LogP contribution in [0.15, 0.2) is 47.5 Å². The molecular formula is C19H27N5O. The molecule has 0 bridgehead atoms. The smallest absolute Gasteiger partial charge is 0.191 e. The molecule has 6 nitrogen and oxygen atoms in total. The van der Waals surface area contributed by atoms with Crippen LogP contribution in [0.25, 0.3) is 0 Å². The Morgan fingerprint density at radius 3 is 2.68 bits per heavy atom. The fourth-order valence-electron chi connectivity index (χ4n) is 2.27. The third kappa shape index (κ3) is 5.99. The molecule has 134 valence electrons. The van der Waals surface area contributed by atoms with E-state index in [4.69, 9.17) is 4.74 Å². The lowest BCUT2D eigenvalue weighted by molar-refractivity contribution is 0.414. The SMILES string of the molecule is CCNC(=NCc1cccc(OC)c1)NCc1cccc(N(C)C)n1. The van der Waals surface area contributed by atoms with E-state index < -0.39 is 0 Å². The fraction of sp³-hybridized carbons (Fsp3) is 0.368. The van der Waals surface area contributed by atoms with Gasteiger partial charge in [0.1, 0.15) is 11.6 Å². The molecule has 6 heteroatoms. The van der Waals surface area contributed by atoms with Gasteiger partial charge in [-0.15, -0.1) is 0 Å².